The van der Waals surface area contributed by atoms with Crippen LogP contribution in [0.1, 0.15) is 26.0 Å². The zero-order valence-corrected chi connectivity index (χ0v) is 12.1. The number of nitrogens with zero attached hydrogens (tertiary/aromatic N) is 3. The Morgan fingerprint density at radius 1 is 1.45 bits per heavy atom. The molecule has 0 amide bonds. The summed E-state index contributed by atoms with van der Waals surface area (Å²) in [6, 6.07) is 2.49. The first kappa shape index (κ1) is 12.1. The maximum Gasteiger partial charge on any atom is 0.152 e. The van der Waals surface area contributed by atoms with Crippen molar-refractivity contribution in [2.75, 3.05) is 11.9 Å². The minimum Gasteiger partial charge on any atom is -0.377 e. The van der Waals surface area contributed by atoms with Gasteiger partial charge in [0.25, 0.3) is 0 Å². The van der Waals surface area contributed by atoms with E-state index in [1.165, 1.54) is 0 Å². The summed E-state index contributed by atoms with van der Waals surface area (Å²) < 4.78 is 7.74. The van der Waals surface area contributed by atoms with Gasteiger partial charge in [-0.15, -0.1) is 0 Å². The average Bonchev–Trinajstić information content (AvgIpc) is 2.99. The lowest BCUT2D eigenvalue weighted by Crippen LogP contribution is -2.63. The van der Waals surface area contributed by atoms with Crippen LogP contribution in [0.5, 0.6) is 0 Å². The second-order valence-electron chi connectivity index (χ2n) is 6.58. The summed E-state index contributed by atoms with van der Waals surface area (Å²) in [5.74, 6) is 1.53. The molecule has 5 nitrogen and oxygen atoms in total. The fourth-order valence-corrected chi connectivity index (χ4v) is 3.92. The van der Waals surface area contributed by atoms with Gasteiger partial charge in [0.05, 0.1) is 11.8 Å². The first-order valence-corrected chi connectivity index (χ1v) is 7.26. The predicted molar refractivity (Wildman–Crippen MR) is 76.8 cm³/mol. The number of aromatic nitrogens is 3. The second-order valence-corrected chi connectivity index (χ2v) is 6.58. The van der Waals surface area contributed by atoms with Crippen LogP contribution in [-0.2, 0) is 4.74 Å². The monoisotopic (exact) mass is 272 g/mol. The summed E-state index contributed by atoms with van der Waals surface area (Å²) in [7, 11) is 0. The zero-order valence-electron chi connectivity index (χ0n) is 12.1. The van der Waals surface area contributed by atoms with E-state index < -0.39 is 0 Å². The molecule has 5 heteroatoms. The maximum absolute atomic E-state index is 5.85. The van der Waals surface area contributed by atoms with Crippen molar-refractivity contribution in [1.82, 2.24) is 14.6 Å². The van der Waals surface area contributed by atoms with Crippen molar-refractivity contribution >= 4 is 11.3 Å². The molecule has 2 aromatic rings. The van der Waals surface area contributed by atoms with E-state index in [0.717, 1.165) is 30.1 Å². The van der Waals surface area contributed by atoms with E-state index in [4.69, 9.17) is 4.74 Å². The van der Waals surface area contributed by atoms with Gasteiger partial charge in [-0.1, -0.05) is 13.8 Å². The van der Waals surface area contributed by atoms with Crippen LogP contribution in [-0.4, -0.2) is 33.4 Å². The lowest BCUT2D eigenvalue weighted by molar-refractivity contribution is -0.0923. The van der Waals surface area contributed by atoms with Gasteiger partial charge in [-0.05, 0) is 19.4 Å². The first-order valence-electron chi connectivity index (χ1n) is 7.26. The van der Waals surface area contributed by atoms with E-state index in [0.29, 0.717) is 18.1 Å². The van der Waals surface area contributed by atoms with Crippen LogP contribution in [0.2, 0.25) is 0 Å². The SMILES string of the molecule is Cc1cc2c(NC3C4CCOC4C3(C)C)nccn2n1. The van der Waals surface area contributed by atoms with E-state index in [1.54, 1.807) is 6.20 Å². The smallest absolute Gasteiger partial charge is 0.152 e. The number of rotatable bonds is 2. The van der Waals surface area contributed by atoms with Gasteiger partial charge >= 0.3 is 0 Å². The van der Waals surface area contributed by atoms with Gasteiger partial charge in [0.1, 0.15) is 5.52 Å². The fraction of sp³-hybridized carbons (Fsp3) is 0.600. The van der Waals surface area contributed by atoms with E-state index in [9.17, 15) is 0 Å². The van der Waals surface area contributed by atoms with Gasteiger partial charge < -0.3 is 10.1 Å². The zero-order chi connectivity index (χ0) is 13.9. The number of hydrogen-bond donors (Lipinski definition) is 1. The van der Waals surface area contributed by atoms with Crippen molar-refractivity contribution in [3.05, 3.63) is 24.2 Å². The highest BCUT2D eigenvalue weighted by Crippen LogP contribution is 2.53. The predicted octanol–water partition coefficient (Wildman–Crippen LogP) is 2.26. The number of aryl methyl sites for hydroxylation is 1. The van der Waals surface area contributed by atoms with E-state index in [-0.39, 0.29) is 5.41 Å². The average molecular weight is 272 g/mol. The summed E-state index contributed by atoms with van der Waals surface area (Å²) in [6.07, 6.45) is 5.23. The molecule has 1 aliphatic heterocycles. The molecule has 4 rings (SSSR count). The quantitative estimate of drug-likeness (QED) is 0.911. The van der Waals surface area contributed by atoms with Crippen molar-refractivity contribution < 1.29 is 4.74 Å². The van der Waals surface area contributed by atoms with Crippen molar-refractivity contribution in [3.8, 4) is 0 Å². The summed E-state index contributed by atoms with van der Waals surface area (Å²) in [4.78, 5) is 4.51. The van der Waals surface area contributed by atoms with Crippen LogP contribution >= 0.6 is 0 Å². The Balaban J connectivity index is 1.68. The van der Waals surface area contributed by atoms with Gasteiger partial charge in [0, 0.05) is 36.4 Å². The topological polar surface area (TPSA) is 51.5 Å². The molecule has 0 spiro atoms. The standard InChI is InChI=1S/C15H20N4O/c1-9-8-11-14(16-5-6-19(11)18-9)17-12-10-4-7-20-13(10)15(12,2)3/h5-6,8,10,12-13H,4,7H2,1-3H3,(H,16,17). The van der Waals surface area contributed by atoms with Gasteiger partial charge in [-0.25, -0.2) is 9.50 Å². The molecule has 2 aromatic heterocycles. The molecule has 2 aliphatic rings. The highest BCUT2D eigenvalue weighted by Gasteiger charge is 2.59. The Bertz CT molecular complexity index is 663. The summed E-state index contributed by atoms with van der Waals surface area (Å²) in [5.41, 5.74) is 2.21. The van der Waals surface area contributed by atoms with Crippen LogP contribution in [0.3, 0.4) is 0 Å². The lowest BCUT2D eigenvalue weighted by atomic mass is 9.57. The molecule has 1 saturated heterocycles. The molecule has 0 radical (unpaired) electrons. The third kappa shape index (κ3) is 1.53. The van der Waals surface area contributed by atoms with E-state index >= 15 is 0 Å². The molecule has 3 heterocycles. The minimum atomic E-state index is 0.157. The molecular formula is C15H20N4O. The molecule has 1 aliphatic carbocycles. The van der Waals surface area contributed by atoms with E-state index in [1.807, 2.05) is 17.6 Å². The fourth-order valence-electron chi connectivity index (χ4n) is 3.92. The molecule has 3 atom stereocenters. The van der Waals surface area contributed by atoms with Crippen LogP contribution in [0, 0.1) is 18.3 Å². The molecule has 3 unspecified atom stereocenters. The third-order valence-corrected chi connectivity index (χ3v) is 4.90. The number of nitrogens with one attached hydrogen (secondary N) is 1. The van der Waals surface area contributed by atoms with Crippen molar-refractivity contribution in [2.45, 2.75) is 39.3 Å². The van der Waals surface area contributed by atoms with Crippen molar-refractivity contribution in [3.63, 3.8) is 0 Å². The third-order valence-electron chi connectivity index (χ3n) is 4.90. The number of anilines is 1. The second kappa shape index (κ2) is 3.95. The highest BCUT2D eigenvalue weighted by atomic mass is 16.5. The molecule has 1 N–H and O–H groups in total. The Hall–Kier alpha value is -1.62. The van der Waals surface area contributed by atoms with Crippen molar-refractivity contribution in [2.24, 2.45) is 11.3 Å². The summed E-state index contributed by atoms with van der Waals surface area (Å²) in [6.45, 7) is 7.45. The van der Waals surface area contributed by atoms with E-state index in [2.05, 4.69) is 35.3 Å². The Labute approximate surface area is 118 Å². The van der Waals surface area contributed by atoms with Crippen LogP contribution in [0.15, 0.2) is 18.5 Å². The van der Waals surface area contributed by atoms with Gasteiger partial charge in [-0.3, -0.25) is 0 Å². The molecule has 1 saturated carbocycles. The minimum absolute atomic E-state index is 0.157. The lowest BCUT2D eigenvalue weighted by Gasteiger charge is -2.54. The maximum atomic E-state index is 5.85. The normalized spacial score (nSPS) is 31.1. The molecule has 20 heavy (non-hydrogen) atoms. The number of ether oxygens (including phenoxy) is 1. The largest absolute Gasteiger partial charge is 0.377 e. The van der Waals surface area contributed by atoms with Gasteiger partial charge in [0.15, 0.2) is 5.82 Å². The molecule has 2 fully saturated rings. The van der Waals surface area contributed by atoms with Crippen LogP contribution < -0.4 is 5.32 Å². The molecular weight excluding hydrogens is 252 g/mol. The van der Waals surface area contributed by atoms with Crippen molar-refractivity contribution in [1.29, 1.82) is 0 Å². The number of fused-ring (bicyclic) bond motifs is 2. The van der Waals surface area contributed by atoms with Gasteiger partial charge in [0.2, 0.25) is 0 Å². The Kier molecular flexibility index (Phi) is 2.40. The Morgan fingerprint density at radius 3 is 3.15 bits per heavy atom. The summed E-state index contributed by atoms with van der Waals surface area (Å²) >= 11 is 0. The first-order chi connectivity index (χ1) is 9.57. The summed E-state index contributed by atoms with van der Waals surface area (Å²) in [5, 5.41) is 8.08. The molecule has 0 aromatic carbocycles. The molecule has 0 bridgehead atoms. The number of hydrogen-bond acceptors (Lipinski definition) is 4. The van der Waals surface area contributed by atoms with Gasteiger partial charge in [-0.2, -0.15) is 5.10 Å². The van der Waals surface area contributed by atoms with Crippen LogP contribution in [0.4, 0.5) is 5.82 Å². The van der Waals surface area contributed by atoms with Crippen LogP contribution in [0.25, 0.3) is 5.52 Å². The molecule has 106 valence electrons. The highest BCUT2D eigenvalue weighted by molar-refractivity contribution is 5.68. The Morgan fingerprint density at radius 2 is 2.30 bits per heavy atom.